The summed E-state index contributed by atoms with van der Waals surface area (Å²) >= 11 is 1.38. The van der Waals surface area contributed by atoms with Crippen LogP contribution >= 0.6 is 11.3 Å². The van der Waals surface area contributed by atoms with Crippen molar-refractivity contribution >= 4 is 17.2 Å². The molecule has 1 heterocycles. The fourth-order valence-corrected chi connectivity index (χ4v) is 2.24. The molecule has 0 aromatic carbocycles. The Hall–Kier alpha value is -1.35. The van der Waals surface area contributed by atoms with Gasteiger partial charge in [0.25, 0.3) is 5.91 Å². The largest absolute Gasteiger partial charge is 0.381 e. The Morgan fingerprint density at radius 3 is 3.00 bits per heavy atom. The lowest BCUT2D eigenvalue weighted by Crippen LogP contribution is -2.24. The Morgan fingerprint density at radius 2 is 2.30 bits per heavy atom. The van der Waals surface area contributed by atoms with E-state index in [1.807, 2.05) is 6.07 Å². The molecule has 5 heteroatoms. The van der Waals surface area contributed by atoms with Crippen molar-refractivity contribution in [1.82, 2.24) is 5.32 Å². The maximum Gasteiger partial charge on any atom is 0.261 e. The zero-order valence-electron chi connectivity index (χ0n) is 12.1. The average molecular weight is 294 g/mol. The fourth-order valence-electron chi connectivity index (χ4n) is 1.45. The molecule has 0 bridgehead atoms. The summed E-state index contributed by atoms with van der Waals surface area (Å²) in [5, 5.41) is 2.88. The van der Waals surface area contributed by atoms with Crippen molar-refractivity contribution in [1.29, 1.82) is 0 Å². The van der Waals surface area contributed by atoms with E-state index in [-0.39, 0.29) is 5.91 Å². The van der Waals surface area contributed by atoms with Gasteiger partial charge in [0.2, 0.25) is 0 Å². The Balaban J connectivity index is 2.24. The molecule has 4 nitrogen and oxygen atoms in total. The van der Waals surface area contributed by atoms with Gasteiger partial charge in [-0.15, -0.1) is 11.3 Å². The van der Waals surface area contributed by atoms with Crippen LogP contribution < -0.4 is 11.1 Å². The van der Waals surface area contributed by atoms with Crippen LogP contribution in [0.1, 0.15) is 34.8 Å². The molecule has 110 valence electrons. The van der Waals surface area contributed by atoms with Gasteiger partial charge in [-0.25, -0.2) is 0 Å². The van der Waals surface area contributed by atoms with Crippen LogP contribution in [0, 0.1) is 17.8 Å². The Morgan fingerprint density at radius 1 is 1.50 bits per heavy atom. The van der Waals surface area contributed by atoms with Gasteiger partial charge in [0.15, 0.2) is 0 Å². The van der Waals surface area contributed by atoms with Gasteiger partial charge in [-0.1, -0.05) is 25.7 Å². The summed E-state index contributed by atoms with van der Waals surface area (Å²) in [6, 6.07) is 3.63. The van der Waals surface area contributed by atoms with E-state index in [9.17, 15) is 4.79 Å². The van der Waals surface area contributed by atoms with Crippen molar-refractivity contribution in [2.45, 2.75) is 20.3 Å². The summed E-state index contributed by atoms with van der Waals surface area (Å²) in [6.07, 6.45) is 0.823. The predicted octanol–water partition coefficient (Wildman–Crippen LogP) is 1.85. The number of carbonyl (C=O) groups is 1. The highest BCUT2D eigenvalue weighted by Gasteiger charge is 2.07. The summed E-state index contributed by atoms with van der Waals surface area (Å²) in [5.74, 6) is 6.18. The van der Waals surface area contributed by atoms with Crippen molar-refractivity contribution < 1.29 is 9.53 Å². The molecule has 1 aromatic rings. The smallest absolute Gasteiger partial charge is 0.261 e. The molecule has 20 heavy (non-hydrogen) atoms. The number of ether oxygens (including phenoxy) is 1. The number of hydrogen-bond acceptors (Lipinski definition) is 4. The molecular formula is C15H22N2O2S. The van der Waals surface area contributed by atoms with Crippen LogP contribution in [0.25, 0.3) is 0 Å². The molecule has 0 saturated carbocycles. The van der Waals surface area contributed by atoms with Crippen molar-refractivity contribution in [3.05, 3.63) is 21.9 Å². The summed E-state index contributed by atoms with van der Waals surface area (Å²) in [7, 11) is 0. The van der Waals surface area contributed by atoms with Gasteiger partial charge in [0, 0.05) is 19.8 Å². The monoisotopic (exact) mass is 294 g/mol. The average Bonchev–Trinajstić information content (AvgIpc) is 2.88. The number of thiophene rings is 1. The molecule has 0 aliphatic rings. The summed E-state index contributed by atoms with van der Waals surface area (Å²) in [5.41, 5.74) is 5.31. The molecule has 0 fully saturated rings. The Kier molecular flexibility index (Phi) is 7.97. The second kappa shape index (κ2) is 9.54. The topological polar surface area (TPSA) is 64.3 Å². The molecule has 0 aliphatic heterocycles. The highest BCUT2D eigenvalue weighted by Crippen LogP contribution is 2.15. The predicted molar refractivity (Wildman–Crippen MR) is 82.9 cm³/mol. The molecule has 0 spiro atoms. The first-order valence-electron chi connectivity index (χ1n) is 6.78. The summed E-state index contributed by atoms with van der Waals surface area (Å²) in [4.78, 5) is 13.4. The number of hydrogen-bond donors (Lipinski definition) is 2. The standard InChI is InChI=1S/C15H22N2O2S/c1-12(2)11-19-10-4-9-17-15(18)14-7-6-13(20-14)5-3-8-16/h6-7,12H,4,8-11,16H2,1-2H3,(H,17,18). The van der Waals surface area contributed by atoms with E-state index in [0.29, 0.717) is 30.5 Å². The first-order chi connectivity index (χ1) is 9.63. The van der Waals surface area contributed by atoms with Crippen LogP contribution in [0.2, 0.25) is 0 Å². The minimum absolute atomic E-state index is 0.0559. The van der Waals surface area contributed by atoms with Crippen molar-refractivity contribution in [2.24, 2.45) is 11.7 Å². The zero-order chi connectivity index (χ0) is 14.8. The van der Waals surface area contributed by atoms with E-state index >= 15 is 0 Å². The molecule has 0 saturated heterocycles. The first-order valence-corrected chi connectivity index (χ1v) is 7.60. The van der Waals surface area contributed by atoms with Gasteiger partial charge < -0.3 is 15.8 Å². The molecule has 0 radical (unpaired) electrons. The second-order valence-electron chi connectivity index (χ2n) is 4.75. The van der Waals surface area contributed by atoms with Crippen LogP contribution in [-0.4, -0.2) is 32.2 Å². The molecule has 0 atom stereocenters. The van der Waals surface area contributed by atoms with Crippen molar-refractivity contribution in [3.63, 3.8) is 0 Å². The van der Waals surface area contributed by atoms with Gasteiger partial charge in [-0.2, -0.15) is 0 Å². The van der Waals surface area contributed by atoms with E-state index in [4.69, 9.17) is 10.5 Å². The molecule has 1 aromatic heterocycles. The SMILES string of the molecule is CC(C)COCCCNC(=O)c1ccc(C#CCN)s1. The van der Waals surface area contributed by atoms with Gasteiger partial charge in [-0.05, 0) is 24.5 Å². The minimum atomic E-state index is -0.0559. The number of amides is 1. The van der Waals surface area contributed by atoms with Gasteiger partial charge >= 0.3 is 0 Å². The zero-order valence-corrected chi connectivity index (χ0v) is 12.9. The van der Waals surface area contributed by atoms with Gasteiger partial charge in [-0.3, -0.25) is 4.79 Å². The third-order valence-corrected chi connectivity index (χ3v) is 3.35. The highest BCUT2D eigenvalue weighted by molar-refractivity contribution is 7.14. The van der Waals surface area contributed by atoms with Crippen molar-refractivity contribution in [2.75, 3.05) is 26.3 Å². The van der Waals surface area contributed by atoms with E-state index in [0.717, 1.165) is 17.9 Å². The van der Waals surface area contributed by atoms with Crippen LogP contribution in [0.4, 0.5) is 0 Å². The molecule has 0 aliphatic carbocycles. The first kappa shape index (κ1) is 16.7. The molecule has 0 unspecified atom stereocenters. The Labute approximate surface area is 124 Å². The summed E-state index contributed by atoms with van der Waals surface area (Å²) < 4.78 is 5.45. The second-order valence-corrected chi connectivity index (χ2v) is 5.83. The number of nitrogens with one attached hydrogen (secondary N) is 1. The van der Waals surface area contributed by atoms with Crippen molar-refractivity contribution in [3.8, 4) is 11.8 Å². The van der Waals surface area contributed by atoms with Gasteiger partial charge in [0.1, 0.15) is 0 Å². The quantitative estimate of drug-likeness (QED) is 0.596. The maximum atomic E-state index is 11.9. The maximum absolute atomic E-state index is 11.9. The Bertz CT molecular complexity index is 472. The van der Waals surface area contributed by atoms with Gasteiger partial charge in [0.05, 0.1) is 16.3 Å². The molecule has 1 amide bonds. The lowest BCUT2D eigenvalue weighted by Gasteiger charge is -2.07. The summed E-state index contributed by atoms with van der Waals surface area (Å²) in [6.45, 7) is 6.63. The molecule has 3 N–H and O–H groups in total. The molecular weight excluding hydrogens is 272 g/mol. The third-order valence-electron chi connectivity index (χ3n) is 2.35. The third kappa shape index (κ3) is 6.71. The van der Waals surface area contributed by atoms with E-state index < -0.39 is 0 Å². The number of nitrogens with two attached hydrogens (primary N) is 1. The van der Waals surface area contributed by atoms with E-state index in [1.54, 1.807) is 6.07 Å². The van der Waals surface area contributed by atoms with E-state index in [2.05, 4.69) is 31.0 Å². The highest BCUT2D eigenvalue weighted by atomic mass is 32.1. The minimum Gasteiger partial charge on any atom is -0.381 e. The van der Waals surface area contributed by atoms with Crippen LogP contribution in [-0.2, 0) is 4.74 Å². The van der Waals surface area contributed by atoms with Crippen LogP contribution in [0.5, 0.6) is 0 Å². The fraction of sp³-hybridized carbons (Fsp3) is 0.533. The lowest BCUT2D eigenvalue weighted by atomic mass is 10.2. The van der Waals surface area contributed by atoms with Crippen LogP contribution in [0.3, 0.4) is 0 Å². The number of rotatable bonds is 7. The normalized spacial score (nSPS) is 10.2. The number of carbonyl (C=O) groups excluding carboxylic acids is 1. The van der Waals surface area contributed by atoms with Crippen LogP contribution in [0.15, 0.2) is 12.1 Å². The molecule has 1 rings (SSSR count). The lowest BCUT2D eigenvalue weighted by molar-refractivity contribution is 0.0928. The van der Waals surface area contributed by atoms with E-state index in [1.165, 1.54) is 11.3 Å².